The van der Waals surface area contributed by atoms with E-state index in [-0.39, 0.29) is 24.2 Å². The zero-order valence-electron chi connectivity index (χ0n) is 15.8. The molecule has 0 aliphatic heterocycles. The van der Waals surface area contributed by atoms with Crippen molar-refractivity contribution in [1.82, 2.24) is 10.2 Å². The van der Waals surface area contributed by atoms with E-state index in [0.29, 0.717) is 28.9 Å². The summed E-state index contributed by atoms with van der Waals surface area (Å²) in [6.07, 6.45) is 8.24. The molecule has 2 amide bonds. The van der Waals surface area contributed by atoms with Gasteiger partial charge in [0.05, 0.1) is 17.1 Å². The van der Waals surface area contributed by atoms with E-state index in [1.807, 2.05) is 11.9 Å². The normalized spacial score (nSPS) is 17.1. The van der Waals surface area contributed by atoms with E-state index in [9.17, 15) is 9.59 Å². The van der Waals surface area contributed by atoms with Crippen LogP contribution >= 0.6 is 24.0 Å². The lowest BCUT2D eigenvalue weighted by Crippen LogP contribution is -2.38. The predicted octanol–water partition coefficient (Wildman–Crippen LogP) is 4.10. The van der Waals surface area contributed by atoms with Crippen molar-refractivity contribution in [3.05, 3.63) is 28.8 Å². The van der Waals surface area contributed by atoms with Crippen LogP contribution in [0.5, 0.6) is 0 Å². The molecule has 1 aromatic rings. The number of amides is 2. The van der Waals surface area contributed by atoms with Crippen LogP contribution in [0, 0.1) is 5.92 Å². The van der Waals surface area contributed by atoms with Gasteiger partial charge in [-0.25, -0.2) is 0 Å². The van der Waals surface area contributed by atoms with Gasteiger partial charge in [0.25, 0.3) is 5.91 Å². The summed E-state index contributed by atoms with van der Waals surface area (Å²) >= 11 is 6.33. The Morgan fingerprint density at radius 3 is 2.48 bits per heavy atom. The minimum atomic E-state index is -0.0971. The Balaban J connectivity index is 0.00000261. The Labute approximate surface area is 172 Å². The Morgan fingerprint density at radius 1 is 1.15 bits per heavy atom. The molecule has 5 nitrogen and oxygen atoms in total. The summed E-state index contributed by atoms with van der Waals surface area (Å²) in [6, 6.07) is 5.40. The zero-order chi connectivity index (χ0) is 18.5. The van der Waals surface area contributed by atoms with Crippen LogP contribution in [-0.4, -0.2) is 42.9 Å². The molecule has 0 saturated heterocycles. The third-order valence-corrected chi connectivity index (χ3v) is 5.65. The van der Waals surface area contributed by atoms with E-state index >= 15 is 0 Å². The van der Waals surface area contributed by atoms with Crippen molar-refractivity contribution < 1.29 is 9.59 Å². The molecule has 0 atom stereocenters. The number of benzene rings is 1. The van der Waals surface area contributed by atoms with Gasteiger partial charge in [-0.15, -0.1) is 12.4 Å². The lowest BCUT2D eigenvalue weighted by molar-refractivity contribution is -0.115. The Hall–Kier alpha value is -1.30. The van der Waals surface area contributed by atoms with Crippen LogP contribution in [0.15, 0.2) is 18.2 Å². The van der Waals surface area contributed by atoms with Gasteiger partial charge in [-0.1, -0.05) is 30.9 Å². The number of hydrogen-bond donors (Lipinski definition) is 2. The number of nitrogens with zero attached hydrogens (tertiary/aromatic N) is 1. The fraction of sp³-hybridized carbons (Fsp3) is 0.600. The van der Waals surface area contributed by atoms with Crippen molar-refractivity contribution in [1.29, 1.82) is 0 Å². The lowest BCUT2D eigenvalue weighted by atomic mass is 9.94. The van der Waals surface area contributed by atoms with E-state index in [0.717, 1.165) is 25.3 Å². The molecule has 2 aliphatic rings. The average Bonchev–Trinajstić information content (AvgIpc) is 3.46. The standard InChI is InChI=1S/C20H28ClN3O2.ClH/c1-24(16-5-3-2-4-6-16)20(26)17-10-9-15(11-18(17)21)23-19(25)13-22-12-14-7-8-14;/h9-11,14,16,22H,2-8,12-13H2,1H3,(H,23,25);1H. The van der Waals surface area contributed by atoms with Crippen molar-refractivity contribution >= 4 is 41.5 Å². The van der Waals surface area contributed by atoms with Crippen LogP contribution in [0.2, 0.25) is 5.02 Å². The number of carbonyl (C=O) groups is 2. The molecule has 2 saturated carbocycles. The van der Waals surface area contributed by atoms with Crippen molar-refractivity contribution in [3.63, 3.8) is 0 Å². The van der Waals surface area contributed by atoms with Gasteiger partial charge in [0, 0.05) is 18.8 Å². The van der Waals surface area contributed by atoms with Gasteiger partial charge in [-0.3, -0.25) is 9.59 Å². The maximum absolute atomic E-state index is 12.8. The van der Waals surface area contributed by atoms with Crippen molar-refractivity contribution in [2.75, 3.05) is 25.5 Å². The van der Waals surface area contributed by atoms with Gasteiger partial charge in [0.1, 0.15) is 0 Å². The topological polar surface area (TPSA) is 61.4 Å². The SMILES string of the molecule is CN(C(=O)c1ccc(NC(=O)CNCC2CC2)cc1Cl)C1CCCCC1.Cl. The van der Waals surface area contributed by atoms with E-state index in [4.69, 9.17) is 11.6 Å². The summed E-state index contributed by atoms with van der Waals surface area (Å²) in [5.74, 6) is 0.592. The van der Waals surface area contributed by atoms with E-state index in [1.165, 1.54) is 32.1 Å². The van der Waals surface area contributed by atoms with Gasteiger partial charge in [0.2, 0.25) is 5.91 Å². The van der Waals surface area contributed by atoms with Gasteiger partial charge >= 0.3 is 0 Å². The number of nitrogens with one attached hydrogen (secondary N) is 2. The van der Waals surface area contributed by atoms with Crippen LogP contribution in [0.3, 0.4) is 0 Å². The third-order valence-electron chi connectivity index (χ3n) is 5.34. The fourth-order valence-corrected chi connectivity index (χ4v) is 3.77. The Bertz CT molecular complexity index is 659. The second kappa shape index (κ2) is 10.3. The molecule has 0 radical (unpaired) electrons. The quantitative estimate of drug-likeness (QED) is 0.706. The van der Waals surface area contributed by atoms with Crippen LogP contribution in [0.1, 0.15) is 55.3 Å². The van der Waals surface area contributed by atoms with E-state index < -0.39 is 0 Å². The molecule has 2 aliphatic carbocycles. The predicted molar refractivity (Wildman–Crippen MR) is 112 cm³/mol. The van der Waals surface area contributed by atoms with Crippen LogP contribution in [0.25, 0.3) is 0 Å². The highest BCUT2D eigenvalue weighted by Gasteiger charge is 2.24. The lowest BCUT2D eigenvalue weighted by Gasteiger charge is -2.31. The molecule has 1 aromatic carbocycles. The van der Waals surface area contributed by atoms with Crippen LogP contribution in [0.4, 0.5) is 5.69 Å². The molecule has 7 heteroatoms. The third kappa shape index (κ3) is 6.37. The van der Waals surface area contributed by atoms with Crippen LogP contribution in [-0.2, 0) is 4.79 Å². The number of rotatable bonds is 7. The summed E-state index contributed by atoms with van der Waals surface area (Å²) in [5.41, 5.74) is 1.11. The molecule has 2 N–H and O–H groups in total. The molecule has 150 valence electrons. The second-order valence-corrected chi connectivity index (χ2v) is 7.93. The first-order chi connectivity index (χ1) is 12.5. The molecular formula is C20H29Cl2N3O2. The Kier molecular flexibility index (Phi) is 8.39. The molecule has 0 bridgehead atoms. The first-order valence-corrected chi connectivity index (χ1v) is 9.99. The molecule has 0 spiro atoms. The first-order valence-electron chi connectivity index (χ1n) is 9.62. The first kappa shape index (κ1) is 22.0. The fourth-order valence-electron chi connectivity index (χ4n) is 3.51. The number of carbonyl (C=O) groups excluding carboxylic acids is 2. The minimum absolute atomic E-state index is 0. The number of hydrogen-bond acceptors (Lipinski definition) is 3. The highest BCUT2D eigenvalue weighted by Crippen LogP contribution is 2.28. The summed E-state index contributed by atoms with van der Waals surface area (Å²) in [6.45, 7) is 1.19. The van der Waals surface area contributed by atoms with Gasteiger partial charge in [0.15, 0.2) is 0 Å². The highest BCUT2D eigenvalue weighted by molar-refractivity contribution is 6.34. The summed E-state index contributed by atoms with van der Waals surface area (Å²) in [4.78, 5) is 26.5. The van der Waals surface area contributed by atoms with E-state index in [2.05, 4.69) is 10.6 Å². The maximum atomic E-state index is 12.8. The summed E-state index contributed by atoms with van der Waals surface area (Å²) in [7, 11) is 1.86. The molecular weight excluding hydrogens is 385 g/mol. The largest absolute Gasteiger partial charge is 0.339 e. The van der Waals surface area contributed by atoms with Gasteiger partial charge in [-0.2, -0.15) is 0 Å². The highest BCUT2D eigenvalue weighted by atomic mass is 35.5. The smallest absolute Gasteiger partial charge is 0.255 e. The second-order valence-electron chi connectivity index (χ2n) is 7.52. The molecule has 0 aromatic heterocycles. The summed E-state index contributed by atoms with van der Waals surface area (Å²) < 4.78 is 0. The zero-order valence-corrected chi connectivity index (χ0v) is 17.4. The monoisotopic (exact) mass is 413 g/mol. The van der Waals surface area contributed by atoms with Crippen molar-refractivity contribution in [2.45, 2.75) is 51.0 Å². The summed E-state index contributed by atoms with van der Waals surface area (Å²) in [5, 5.41) is 6.36. The van der Waals surface area contributed by atoms with Crippen molar-refractivity contribution in [2.24, 2.45) is 5.92 Å². The molecule has 2 fully saturated rings. The number of halogens is 2. The van der Waals surface area contributed by atoms with Crippen LogP contribution < -0.4 is 10.6 Å². The molecule has 27 heavy (non-hydrogen) atoms. The van der Waals surface area contributed by atoms with Gasteiger partial charge < -0.3 is 15.5 Å². The van der Waals surface area contributed by atoms with Crippen molar-refractivity contribution in [3.8, 4) is 0 Å². The minimum Gasteiger partial charge on any atom is -0.339 e. The maximum Gasteiger partial charge on any atom is 0.255 e. The Morgan fingerprint density at radius 2 is 1.85 bits per heavy atom. The number of anilines is 1. The van der Waals surface area contributed by atoms with E-state index in [1.54, 1.807) is 18.2 Å². The molecule has 0 unspecified atom stereocenters. The molecule has 3 rings (SSSR count). The molecule has 0 heterocycles. The average molecular weight is 414 g/mol. The van der Waals surface area contributed by atoms with Gasteiger partial charge in [-0.05, 0) is 56.3 Å².